The molecule has 0 unspecified atom stereocenters. The molecule has 0 bridgehead atoms. The van der Waals surface area contributed by atoms with Gasteiger partial charge in [-0.1, -0.05) is 12.1 Å². The number of esters is 1. The van der Waals surface area contributed by atoms with Crippen LogP contribution in [0.4, 0.5) is 17.1 Å². The lowest BCUT2D eigenvalue weighted by Crippen LogP contribution is -2.41. The molecule has 0 fully saturated rings. The Balaban J connectivity index is 1.75. The monoisotopic (exact) mass is 397 g/mol. The molecule has 1 atom stereocenters. The van der Waals surface area contributed by atoms with E-state index >= 15 is 0 Å². The Morgan fingerprint density at radius 3 is 2.69 bits per heavy atom. The van der Waals surface area contributed by atoms with Gasteiger partial charge in [0.1, 0.15) is 0 Å². The molecule has 0 saturated heterocycles. The lowest BCUT2D eigenvalue weighted by atomic mass is 10.1. The number of anilines is 2. The summed E-state index contributed by atoms with van der Waals surface area (Å²) in [4.78, 5) is 48.9. The summed E-state index contributed by atoms with van der Waals surface area (Å²) in [6.45, 7) is 2.72. The van der Waals surface area contributed by atoms with Crippen LogP contribution in [0.5, 0.6) is 0 Å². The number of para-hydroxylation sites is 2. The number of hydrogen-bond donors (Lipinski definition) is 1. The van der Waals surface area contributed by atoms with Crippen LogP contribution in [0.2, 0.25) is 0 Å². The first kappa shape index (κ1) is 20.0. The second kappa shape index (κ2) is 8.09. The largest absolute Gasteiger partial charge is 0.452 e. The molecule has 0 spiro atoms. The second-order valence-corrected chi connectivity index (χ2v) is 6.72. The maximum atomic E-state index is 12.8. The SMILES string of the molecule is Cc1cc(C(=O)OCC(=O)N2c3ccccc3NC(=O)C[C@H]2C)ccc1[N+](=O)[O-]. The minimum atomic E-state index is -0.763. The number of carbonyl (C=O) groups is 3. The molecule has 2 aromatic carbocycles. The van der Waals surface area contributed by atoms with Crippen molar-refractivity contribution in [2.24, 2.45) is 0 Å². The topological polar surface area (TPSA) is 119 Å². The maximum absolute atomic E-state index is 12.8. The number of nitrogens with one attached hydrogen (secondary N) is 1. The van der Waals surface area contributed by atoms with Crippen LogP contribution in [0.25, 0.3) is 0 Å². The number of nitro groups is 1. The van der Waals surface area contributed by atoms with Gasteiger partial charge in [0.05, 0.1) is 21.9 Å². The Labute approximate surface area is 166 Å². The summed E-state index contributed by atoms with van der Waals surface area (Å²) in [5.41, 5.74) is 1.35. The van der Waals surface area contributed by atoms with Crippen molar-refractivity contribution in [1.29, 1.82) is 0 Å². The van der Waals surface area contributed by atoms with E-state index in [-0.39, 0.29) is 23.6 Å². The highest BCUT2D eigenvalue weighted by Gasteiger charge is 2.30. The Morgan fingerprint density at radius 2 is 2.00 bits per heavy atom. The van der Waals surface area contributed by atoms with Gasteiger partial charge in [0, 0.05) is 24.1 Å². The third kappa shape index (κ3) is 4.23. The average Bonchev–Trinajstić information content (AvgIpc) is 2.79. The van der Waals surface area contributed by atoms with Gasteiger partial charge in [-0.25, -0.2) is 4.79 Å². The summed E-state index contributed by atoms with van der Waals surface area (Å²) in [6, 6.07) is 10.3. The van der Waals surface area contributed by atoms with Crippen molar-refractivity contribution < 1.29 is 24.0 Å². The van der Waals surface area contributed by atoms with E-state index in [1.165, 1.54) is 30.0 Å². The Bertz CT molecular complexity index is 1000. The molecule has 9 nitrogen and oxygen atoms in total. The number of fused-ring (bicyclic) bond motifs is 1. The highest BCUT2D eigenvalue weighted by atomic mass is 16.6. The third-order valence-corrected chi connectivity index (χ3v) is 4.58. The zero-order valence-electron chi connectivity index (χ0n) is 15.9. The second-order valence-electron chi connectivity index (χ2n) is 6.72. The highest BCUT2D eigenvalue weighted by Crippen LogP contribution is 2.31. The quantitative estimate of drug-likeness (QED) is 0.481. The smallest absolute Gasteiger partial charge is 0.338 e. The molecule has 9 heteroatoms. The molecule has 3 rings (SSSR count). The normalized spacial score (nSPS) is 15.7. The molecule has 1 aliphatic rings. The van der Waals surface area contributed by atoms with Crippen LogP contribution in [0.1, 0.15) is 29.3 Å². The molecule has 0 radical (unpaired) electrons. The average molecular weight is 397 g/mol. The van der Waals surface area contributed by atoms with Crippen molar-refractivity contribution >= 4 is 34.8 Å². The number of ether oxygens (including phenoxy) is 1. The van der Waals surface area contributed by atoms with Crippen molar-refractivity contribution in [2.75, 3.05) is 16.8 Å². The fourth-order valence-electron chi connectivity index (χ4n) is 3.24. The number of carbonyl (C=O) groups excluding carboxylic acids is 3. The van der Waals surface area contributed by atoms with Gasteiger partial charge in [-0.15, -0.1) is 0 Å². The van der Waals surface area contributed by atoms with Gasteiger partial charge in [-0.3, -0.25) is 19.7 Å². The van der Waals surface area contributed by atoms with Crippen LogP contribution in [-0.2, 0) is 14.3 Å². The third-order valence-electron chi connectivity index (χ3n) is 4.58. The standard InChI is InChI=1S/C20H19N3O6/c1-12-9-14(7-8-16(12)23(27)28)20(26)29-11-19(25)22-13(2)10-18(24)21-15-5-3-4-6-17(15)22/h3-9,13H,10-11H2,1-2H3,(H,21,24)/t13-/m1/s1. The van der Waals surface area contributed by atoms with E-state index in [0.29, 0.717) is 16.9 Å². The predicted molar refractivity (Wildman–Crippen MR) is 105 cm³/mol. The van der Waals surface area contributed by atoms with E-state index in [2.05, 4.69) is 5.32 Å². The lowest BCUT2D eigenvalue weighted by Gasteiger charge is -2.27. The van der Waals surface area contributed by atoms with E-state index in [1.807, 2.05) is 0 Å². The molecular formula is C20H19N3O6. The molecule has 1 heterocycles. The summed E-state index contributed by atoms with van der Waals surface area (Å²) in [6.07, 6.45) is 0.107. The summed E-state index contributed by atoms with van der Waals surface area (Å²) >= 11 is 0. The molecule has 2 aromatic rings. The van der Waals surface area contributed by atoms with Crippen molar-refractivity contribution in [3.63, 3.8) is 0 Å². The van der Waals surface area contributed by atoms with Gasteiger partial charge >= 0.3 is 5.97 Å². The fourth-order valence-corrected chi connectivity index (χ4v) is 3.24. The molecule has 2 amide bonds. The molecular weight excluding hydrogens is 378 g/mol. The molecule has 150 valence electrons. The first-order chi connectivity index (χ1) is 13.8. The van der Waals surface area contributed by atoms with Crippen LogP contribution in [0.3, 0.4) is 0 Å². The van der Waals surface area contributed by atoms with Crippen molar-refractivity contribution in [3.05, 3.63) is 63.7 Å². The summed E-state index contributed by atoms with van der Waals surface area (Å²) < 4.78 is 5.12. The van der Waals surface area contributed by atoms with Crippen LogP contribution >= 0.6 is 0 Å². The van der Waals surface area contributed by atoms with Gasteiger partial charge in [0.2, 0.25) is 5.91 Å². The van der Waals surface area contributed by atoms with Crippen LogP contribution in [0, 0.1) is 17.0 Å². The summed E-state index contributed by atoms with van der Waals surface area (Å²) in [5.74, 6) is -1.45. The first-order valence-electron chi connectivity index (χ1n) is 8.91. The molecule has 1 aliphatic heterocycles. The van der Waals surface area contributed by atoms with Gasteiger partial charge < -0.3 is 15.0 Å². The lowest BCUT2D eigenvalue weighted by molar-refractivity contribution is -0.385. The number of hydrogen-bond acceptors (Lipinski definition) is 6. The number of nitro benzene ring substituents is 1. The van der Waals surface area contributed by atoms with Crippen LogP contribution < -0.4 is 10.2 Å². The van der Waals surface area contributed by atoms with Crippen LogP contribution in [-0.4, -0.2) is 35.4 Å². The fraction of sp³-hybridized carbons (Fsp3) is 0.250. The van der Waals surface area contributed by atoms with Crippen molar-refractivity contribution in [1.82, 2.24) is 0 Å². The Kier molecular flexibility index (Phi) is 5.58. The van der Waals surface area contributed by atoms with E-state index in [9.17, 15) is 24.5 Å². The maximum Gasteiger partial charge on any atom is 0.338 e. The van der Waals surface area contributed by atoms with Gasteiger partial charge in [0.15, 0.2) is 6.61 Å². The zero-order valence-corrected chi connectivity index (χ0v) is 15.9. The minimum absolute atomic E-state index is 0.107. The highest BCUT2D eigenvalue weighted by molar-refractivity contribution is 6.05. The Morgan fingerprint density at radius 1 is 1.28 bits per heavy atom. The van der Waals surface area contributed by atoms with Gasteiger partial charge in [-0.2, -0.15) is 0 Å². The van der Waals surface area contributed by atoms with E-state index in [0.717, 1.165) is 0 Å². The minimum Gasteiger partial charge on any atom is -0.452 e. The summed E-state index contributed by atoms with van der Waals surface area (Å²) in [5, 5.41) is 13.6. The molecule has 1 N–H and O–H groups in total. The first-order valence-corrected chi connectivity index (χ1v) is 8.91. The van der Waals surface area contributed by atoms with Crippen molar-refractivity contribution in [2.45, 2.75) is 26.3 Å². The molecule has 0 aromatic heterocycles. The predicted octanol–water partition coefficient (Wildman–Crippen LogP) is 2.82. The number of aryl methyl sites for hydroxylation is 1. The zero-order chi connectivity index (χ0) is 21.1. The molecule has 29 heavy (non-hydrogen) atoms. The van der Waals surface area contributed by atoms with Crippen molar-refractivity contribution in [3.8, 4) is 0 Å². The summed E-state index contributed by atoms with van der Waals surface area (Å²) in [7, 11) is 0. The number of nitrogens with zero attached hydrogens (tertiary/aromatic N) is 2. The van der Waals surface area contributed by atoms with Gasteiger partial charge in [-0.05, 0) is 38.1 Å². The van der Waals surface area contributed by atoms with E-state index in [1.54, 1.807) is 31.2 Å². The van der Waals surface area contributed by atoms with Crippen LogP contribution in [0.15, 0.2) is 42.5 Å². The molecule has 0 saturated carbocycles. The Hall–Kier alpha value is -3.75. The van der Waals surface area contributed by atoms with E-state index in [4.69, 9.17) is 4.74 Å². The van der Waals surface area contributed by atoms with E-state index < -0.39 is 29.4 Å². The molecule has 0 aliphatic carbocycles. The number of rotatable bonds is 4. The number of benzene rings is 2. The van der Waals surface area contributed by atoms with Gasteiger partial charge in [0.25, 0.3) is 11.6 Å². The number of amides is 2.